The number of allylic oxidation sites excluding steroid dienone is 7. The second-order valence-corrected chi connectivity index (χ2v) is 6.69. The highest BCUT2D eigenvalue weighted by Crippen LogP contribution is 2.28. The molecule has 35 heavy (non-hydrogen) atoms. The molecule has 0 aliphatic rings. The van der Waals surface area contributed by atoms with Crippen molar-refractivity contribution in [2.75, 3.05) is 21.0 Å². The van der Waals surface area contributed by atoms with E-state index in [-0.39, 0.29) is 18.2 Å². The van der Waals surface area contributed by atoms with Gasteiger partial charge in [-0.15, -0.1) is 4.91 Å². The molecule has 0 N–H and O–H groups in total. The number of ether oxygens (including phenoxy) is 3. The quantitative estimate of drug-likeness (QED) is 0.0832. The van der Waals surface area contributed by atoms with Gasteiger partial charge in [0.2, 0.25) is 0 Å². The van der Waals surface area contributed by atoms with Gasteiger partial charge in [-0.25, -0.2) is 0 Å². The molecule has 178 valence electrons. The van der Waals surface area contributed by atoms with Crippen LogP contribution >= 0.6 is 0 Å². The molecule has 0 bridgehead atoms. The molecule has 9 heteroatoms. The Balaban J connectivity index is 1.95. The molecule has 0 radical (unpaired) electrons. The number of carbonyl (C=O) groups is 1. The predicted molar refractivity (Wildman–Crippen MR) is 136 cm³/mol. The van der Waals surface area contributed by atoms with Crippen LogP contribution in [-0.2, 0) is 4.79 Å². The van der Waals surface area contributed by atoms with Crippen LogP contribution in [0.3, 0.4) is 0 Å². The molecule has 0 heterocycles. The molecule has 2 aromatic carbocycles. The van der Waals surface area contributed by atoms with Gasteiger partial charge in [0.05, 0.1) is 14.2 Å². The van der Waals surface area contributed by atoms with Gasteiger partial charge in [-0.05, 0) is 58.3 Å². The van der Waals surface area contributed by atoms with Gasteiger partial charge in [0.25, 0.3) is 0 Å². The highest BCUT2D eigenvalue weighted by Gasteiger charge is 2.04. The number of nitrogens with zero attached hydrogens (tertiary/aromatic N) is 4. The van der Waals surface area contributed by atoms with E-state index in [1.807, 2.05) is 30.3 Å². The number of carbonyl (C=O) groups excluding carboxylic acids is 1. The Morgan fingerprint density at radius 3 is 2.37 bits per heavy atom. The molecule has 0 aliphatic carbocycles. The Kier molecular flexibility index (Phi) is 11.3. The molecule has 2 rings (SSSR count). The summed E-state index contributed by atoms with van der Waals surface area (Å²) in [5.41, 5.74) is 10.0. The summed E-state index contributed by atoms with van der Waals surface area (Å²) in [4.78, 5) is 25.7. The Morgan fingerprint density at radius 2 is 1.69 bits per heavy atom. The van der Waals surface area contributed by atoms with Gasteiger partial charge in [0.1, 0.15) is 11.4 Å². The number of nitroso groups, excluding NO2 is 1. The van der Waals surface area contributed by atoms with Gasteiger partial charge in [-0.1, -0.05) is 59.8 Å². The van der Waals surface area contributed by atoms with E-state index >= 15 is 0 Å². The van der Waals surface area contributed by atoms with Crippen LogP contribution < -0.4 is 14.2 Å². The minimum Gasteiger partial charge on any atom is -0.497 e. The minimum absolute atomic E-state index is 0.0000188. The lowest BCUT2D eigenvalue weighted by molar-refractivity contribution is -0.110. The summed E-state index contributed by atoms with van der Waals surface area (Å²) in [6, 6.07) is 12.7. The van der Waals surface area contributed by atoms with Crippen LogP contribution in [-0.4, -0.2) is 26.7 Å². The Bertz CT molecular complexity index is 1220. The monoisotopic (exact) mass is 472 g/mol. The maximum atomic E-state index is 12.1. The summed E-state index contributed by atoms with van der Waals surface area (Å²) in [5, 5.41) is 6.19. The highest BCUT2D eigenvalue weighted by atomic mass is 16.5. The molecule has 9 nitrogen and oxygen atoms in total. The van der Waals surface area contributed by atoms with Crippen molar-refractivity contribution in [2.45, 2.75) is 0 Å². The summed E-state index contributed by atoms with van der Waals surface area (Å²) in [5.74, 6) is 1.26. The van der Waals surface area contributed by atoms with Crippen molar-refractivity contribution < 1.29 is 19.0 Å². The van der Waals surface area contributed by atoms with E-state index in [2.05, 4.69) is 15.2 Å². The number of azide groups is 1. The van der Waals surface area contributed by atoms with Crippen LogP contribution in [0.4, 0.5) is 0 Å². The molecule has 0 saturated carbocycles. The van der Waals surface area contributed by atoms with Crippen LogP contribution in [0.15, 0.2) is 101 Å². The standard InChI is InChI=1S/C26H24N4O5/c1-33-24-13-7-10-20(16-24)8-3-5-11-22(29-32)18-23(31)12-6-4-9-21-14-15-25(26(17-21)34-2)35-19-28-30-27/h3-18H,19H2,1-2H3/b8-3+,9-4+,11-5+,12-6+,22-18-. The lowest BCUT2D eigenvalue weighted by atomic mass is 10.2. The summed E-state index contributed by atoms with van der Waals surface area (Å²) >= 11 is 0. The molecule has 0 fully saturated rings. The topological polar surface area (TPSA) is 123 Å². The first-order valence-electron chi connectivity index (χ1n) is 10.3. The van der Waals surface area contributed by atoms with E-state index in [1.54, 1.807) is 55.7 Å². The van der Waals surface area contributed by atoms with Gasteiger partial charge in [-0.2, -0.15) is 0 Å². The number of methoxy groups -OCH3 is 2. The van der Waals surface area contributed by atoms with Crippen molar-refractivity contribution in [3.05, 3.63) is 117 Å². The summed E-state index contributed by atoms with van der Waals surface area (Å²) in [7, 11) is 3.09. The van der Waals surface area contributed by atoms with Crippen LogP contribution in [0.5, 0.6) is 17.2 Å². The van der Waals surface area contributed by atoms with E-state index in [0.717, 1.165) is 23.0 Å². The minimum atomic E-state index is -0.384. The van der Waals surface area contributed by atoms with E-state index in [4.69, 9.17) is 19.7 Å². The fourth-order valence-electron chi connectivity index (χ4n) is 2.71. The van der Waals surface area contributed by atoms with E-state index in [1.165, 1.54) is 19.3 Å². The number of benzene rings is 2. The summed E-state index contributed by atoms with van der Waals surface area (Å²) < 4.78 is 15.7. The van der Waals surface area contributed by atoms with Gasteiger partial charge in [-0.3, -0.25) is 4.79 Å². The smallest absolute Gasteiger partial charge is 0.180 e. The van der Waals surface area contributed by atoms with E-state index in [9.17, 15) is 9.70 Å². The SMILES string of the molecule is COc1cccc(/C=C/C=C/C(=C/C(=O)/C=C/C=C/c2ccc(OCN=[N+]=[N-])c(OC)c2)N=O)c1. The molecule has 2 aromatic rings. The van der Waals surface area contributed by atoms with Crippen molar-refractivity contribution in [1.82, 2.24) is 0 Å². The molecule has 0 aromatic heterocycles. The Morgan fingerprint density at radius 1 is 0.943 bits per heavy atom. The number of rotatable bonds is 13. The zero-order chi connectivity index (χ0) is 25.3. The Hall–Kier alpha value is -4.88. The fraction of sp³-hybridized carbons (Fsp3) is 0.115. The second-order valence-electron chi connectivity index (χ2n) is 6.69. The van der Waals surface area contributed by atoms with Crippen molar-refractivity contribution in [3.63, 3.8) is 0 Å². The summed E-state index contributed by atoms with van der Waals surface area (Å²) in [6.45, 7) is -0.147. The van der Waals surface area contributed by atoms with Crippen molar-refractivity contribution in [3.8, 4) is 17.2 Å². The van der Waals surface area contributed by atoms with Crippen LogP contribution in [0.1, 0.15) is 11.1 Å². The lowest BCUT2D eigenvalue weighted by Gasteiger charge is -2.09. The number of hydrogen-bond acceptors (Lipinski definition) is 7. The second kappa shape index (κ2) is 15.0. The molecule has 0 saturated heterocycles. The molecule has 0 unspecified atom stereocenters. The fourth-order valence-corrected chi connectivity index (χ4v) is 2.71. The zero-order valence-corrected chi connectivity index (χ0v) is 19.3. The molecular weight excluding hydrogens is 448 g/mol. The van der Waals surface area contributed by atoms with Crippen molar-refractivity contribution in [1.29, 1.82) is 0 Å². The van der Waals surface area contributed by atoms with E-state index < -0.39 is 0 Å². The number of ketones is 1. The maximum Gasteiger partial charge on any atom is 0.180 e. The van der Waals surface area contributed by atoms with Gasteiger partial charge in [0, 0.05) is 11.0 Å². The largest absolute Gasteiger partial charge is 0.497 e. The van der Waals surface area contributed by atoms with Gasteiger partial charge in [0.15, 0.2) is 24.0 Å². The third-order valence-electron chi connectivity index (χ3n) is 4.35. The van der Waals surface area contributed by atoms with Crippen molar-refractivity contribution >= 4 is 17.9 Å². The van der Waals surface area contributed by atoms with Crippen molar-refractivity contribution in [2.24, 2.45) is 10.3 Å². The Labute approximate surface area is 202 Å². The van der Waals surface area contributed by atoms with E-state index in [0.29, 0.717) is 11.5 Å². The predicted octanol–water partition coefficient (Wildman–Crippen LogP) is 6.41. The average Bonchev–Trinajstić information content (AvgIpc) is 2.89. The summed E-state index contributed by atoms with van der Waals surface area (Å²) in [6.07, 6.45) is 14.1. The van der Waals surface area contributed by atoms with Crippen LogP contribution in [0, 0.1) is 4.91 Å². The third kappa shape index (κ3) is 9.65. The molecular formula is C26H24N4O5. The average molecular weight is 473 g/mol. The zero-order valence-electron chi connectivity index (χ0n) is 19.3. The molecule has 0 atom stereocenters. The number of hydrogen-bond donors (Lipinski definition) is 0. The highest BCUT2D eigenvalue weighted by molar-refractivity contribution is 6.00. The van der Waals surface area contributed by atoms with Crippen LogP contribution in [0.2, 0.25) is 0 Å². The third-order valence-corrected chi connectivity index (χ3v) is 4.35. The first-order valence-corrected chi connectivity index (χ1v) is 10.3. The first-order chi connectivity index (χ1) is 17.1. The normalized spacial score (nSPS) is 11.8. The van der Waals surface area contributed by atoms with Crippen LogP contribution in [0.25, 0.3) is 22.6 Å². The molecule has 0 amide bonds. The molecule has 0 spiro atoms. The van der Waals surface area contributed by atoms with Gasteiger partial charge >= 0.3 is 0 Å². The first kappa shape index (κ1) is 26.4. The maximum absolute atomic E-state index is 12.1. The van der Waals surface area contributed by atoms with Gasteiger partial charge < -0.3 is 14.2 Å². The lowest BCUT2D eigenvalue weighted by Crippen LogP contribution is -1.96. The molecule has 0 aliphatic heterocycles.